The van der Waals surface area contributed by atoms with E-state index in [1.807, 2.05) is 17.5 Å². The minimum atomic E-state index is -5.21. The summed E-state index contributed by atoms with van der Waals surface area (Å²) in [6.07, 6.45) is 0.389. The zero-order chi connectivity index (χ0) is 17.7. The predicted molar refractivity (Wildman–Crippen MR) is 89.4 cm³/mol. The second-order valence-corrected chi connectivity index (χ2v) is 9.56. The summed E-state index contributed by atoms with van der Waals surface area (Å²) in [6.45, 7) is 1.22. The Morgan fingerprint density at radius 3 is 2.71 bits per heavy atom. The maximum atomic E-state index is 12.4. The van der Waals surface area contributed by atoms with Crippen LogP contribution in [0.5, 0.6) is 5.75 Å². The fourth-order valence-electron chi connectivity index (χ4n) is 1.97. The van der Waals surface area contributed by atoms with Gasteiger partial charge in [-0.25, -0.2) is 0 Å². The maximum absolute atomic E-state index is 12.4. The molecule has 128 valence electrons. The first-order chi connectivity index (χ1) is 11.3. The molecule has 2 rings (SSSR count). The third-order valence-corrected chi connectivity index (χ3v) is 6.95. The molecule has 0 saturated heterocycles. The molecule has 7 nitrogen and oxygen atoms in total. The van der Waals surface area contributed by atoms with Gasteiger partial charge < -0.3 is 0 Å². The minimum absolute atomic E-state index is 0.0278. The molecule has 0 fully saturated rings. The second kappa shape index (κ2) is 7.70. The van der Waals surface area contributed by atoms with Crippen molar-refractivity contribution in [1.82, 2.24) is 0 Å². The summed E-state index contributed by atoms with van der Waals surface area (Å²) in [5.41, 5.74) is -0.0569. The molecule has 2 aromatic rings. The van der Waals surface area contributed by atoms with Crippen molar-refractivity contribution in [3.63, 3.8) is 0 Å². The Kier molecular flexibility index (Phi) is 5.88. The van der Waals surface area contributed by atoms with Gasteiger partial charge in [0.25, 0.3) is 0 Å². The molecule has 1 atom stereocenters. The average Bonchev–Trinajstić information content (AvgIpc) is 2.97. The van der Waals surface area contributed by atoms with Gasteiger partial charge in [0.2, 0.25) is 0 Å². The van der Waals surface area contributed by atoms with Crippen LogP contribution in [0.25, 0.3) is 0 Å². The van der Waals surface area contributed by atoms with E-state index < -0.39 is 26.0 Å². The second-order valence-electron chi connectivity index (χ2n) is 4.95. The van der Waals surface area contributed by atoms with Crippen LogP contribution < -0.4 is 9.67 Å². The first-order valence-corrected chi connectivity index (χ1v) is 11.2. The van der Waals surface area contributed by atoms with Crippen molar-refractivity contribution in [3.8, 4) is 5.75 Å². The number of amides is 1. The Balaban J connectivity index is 2.12. The van der Waals surface area contributed by atoms with E-state index in [0.717, 1.165) is 17.0 Å². The molecule has 0 spiro atoms. The van der Waals surface area contributed by atoms with E-state index in [9.17, 15) is 22.5 Å². The van der Waals surface area contributed by atoms with E-state index in [1.165, 1.54) is 24.3 Å². The van der Waals surface area contributed by atoms with Gasteiger partial charge in [0.15, 0.2) is 0 Å². The number of thiophene rings is 1. The number of aryl methyl sites for hydroxylation is 1. The predicted octanol–water partition coefficient (Wildman–Crippen LogP) is 1.16. The van der Waals surface area contributed by atoms with Crippen LogP contribution in [-0.2, 0) is 23.5 Å². The topological polar surface area (TPSA) is 113 Å². The number of phenols is 1. The third-order valence-electron chi connectivity index (χ3n) is 2.98. The van der Waals surface area contributed by atoms with Gasteiger partial charge >= 0.3 is 145 Å². The van der Waals surface area contributed by atoms with Gasteiger partial charge in [0.05, 0.1) is 0 Å². The van der Waals surface area contributed by atoms with Gasteiger partial charge in [-0.2, -0.15) is 0 Å². The number of carbonyl (C=O) groups excluding carboxylic acids is 2. The van der Waals surface area contributed by atoms with Crippen LogP contribution >= 0.6 is 11.3 Å². The van der Waals surface area contributed by atoms with Gasteiger partial charge in [-0.15, -0.1) is 0 Å². The molecule has 0 bridgehead atoms. The first-order valence-electron chi connectivity index (χ1n) is 6.97. The molecule has 9 heteroatoms. The molecule has 0 aliphatic rings. The van der Waals surface area contributed by atoms with Gasteiger partial charge in [-0.3, -0.25) is 0 Å². The van der Waals surface area contributed by atoms with Crippen molar-refractivity contribution < 1.29 is 26.3 Å². The normalized spacial score (nSPS) is 13.1. The van der Waals surface area contributed by atoms with Crippen molar-refractivity contribution in [2.24, 2.45) is 0 Å². The van der Waals surface area contributed by atoms with E-state index in [4.69, 9.17) is 3.73 Å². The van der Waals surface area contributed by atoms with Crippen LogP contribution in [0.2, 0.25) is 0 Å². The SMILES string of the molecule is CC(=O)Nc1cc(O)ccc1[As](=O)(O)OC(=O)CCc1cccs1. The Hall–Kier alpha value is -2.02. The number of hydrogen-bond donors (Lipinski definition) is 3. The molecule has 24 heavy (non-hydrogen) atoms. The summed E-state index contributed by atoms with van der Waals surface area (Å²) < 4.78 is 27.2. The number of aromatic hydroxyl groups is 1. The Labute approximate surface area is 145 Å². The van der Waals surface area contributed by atoms with E-state index in [1.54, 1.807) is 0 Å². The van der Waals surface area contributed by atoms with Crippen LogP contribution in [0.1, 0.15) is 18.2 Å². The van der Waals surface area contributed by atoms with Crippen molar-refractivity contribution in [2.45, 2.75) is 19.8 Å². The number of benzene rings is 1. The van der Waals surface area contributed by atoms with Gasteiger partial charge in [-0.05, 0) is 0 Å². The quantitative estimate of drug-likeness (QED) is 0.613. The molecule has 1 heterocycles. The van der Waals surface area contributed by atoms with Crippen LogP contribution in [0, 0.1) is 0 Å². The van der Waals surface area contributed by atoms with Crippen LogP contribution in [-0.4, -0.2) is 35.3 Å². The number of phenolic OH excluding ortho intramolecular Hbond substituents is 1. The molecule has 0 aliphatic heterocycles. The molecule has 0 saturated carbocycles. The van der Waals surface area contributed by atoms with E-state index in [2.05, 4.69) is 5.32 Å². The van der Waals surface area contributed by atoms with Crippen molar-refractivity contribution in [2.75, 3.05) is 5.32 Å². The fraction of sp³-hybridized carbons (Fsp3) is 0.200. The summed E-state index contributed by atoms with van der Waals surface area (Å²) in [4.78, 5) is 24.0. The van der Waals surface area contributed by atoms with E-state index in [-0.39, 0.29) is 22.2 Å². The number of hydrogen-bond acceptors (Lipinski definition) is 6. The third kappa shape index (κ3) is 4.99. The summed E-state index contributed by atoms with van der Waals surface area (Å²) >= 11 is -3.73. The van der Waals surface area contributed by atoms with E-state index >= 15 is 0 Å². The Morgan fingerprint density at radius 2 is 2.08 bits per heavy atom. The summed E-state index contributed by atoms with van der Waals surface area (Å²) in [6, 6.07) is 7.18. The van der Waals surface area contributed by atoms with Crippen LogP contribution in [0.15, 0.2) is 35.7 Å². The molecule has 1 unspecified atom stereocenters. The zero-order valence-corrected chi connectivity index (χ0v) is 15.5. The molecule has 1 aromatic carbocycles. The van der Waals surface area contributed by atoms with Gasteiger partial charge in [0, 0.05) is 0 Å². The number of anilines is 1. The fourth-order valence-corrected chi connectivity index (χ4v) is 5.10. The first kappa shape index (κ1) is 18.3. The Bertz CT molecular complexity index is 789. The zero-order valence-electron chi connectivity index (χ0n) is 12.8. The van der Waals surface area contributed by atoms with Crippen molar-refractivity contribution >= 4 is 47.4 Å². The summed E-state index contributed by atoms with van der Waals surface area (Å²) in [7, 11) is 0. The molecular weight excluding hydrogens is 397 g/mol. The van der Waals surface area contributed by atoms with Gasteiger partial charge in [-0.1, -0.05) is 0 Å². The molecular formula is C15H16AsNO6S. The molecule has 3 N–H and O–H groups in total. The summed E-state index contributed by atoms with van der Waals surface area (Å²) in [5.74, 6) is -1.47. The van der Waals surface area contributed by atoms with Crippen LogP contribution in [0.3, 0.4) is 0 Å². The molecule has 0 aliphatic carbocycles. The monoisotopic (exact) mass is 413 g/mol. The van der Waals surface area contributed by atoms with Crippen molar-refractivity contribution in [1.29, 1.82) is 0 Å². The Morgan fingerprint density at radius 1 is 1.33 bits per heavy atom. The number of carbonyl (C=O) groups is 2. The summed E-state index contributed by atoms with van der Waals surface area (Å²) in [5, 5.41) is 13.7. The standard InChI is InChI=1S/C15H16AsNO6S/c1-10(18)17-14-9-11(19)4-6-13(14)16(21,22)23-15(20)7-5-12-3-2-8-24-12/h2-4,6,8-9,19H,5,7H2,1H3,(H,17,18)(H,21,22). The van der Waals surface area contributed by atoms with Gasteiger partial charge in [0.1, 0.15) is 0 Å². The molecule has 1 amide bonds. The van der Waals surface area contributed by atoms with Crippen LogP contribution in [0.4, 0.5) is 5.69 Å². The van der Waals surface area contributed by atoms with Crippen molar-refractivity contribution in [3.05, 3.63) is 40.6 Å². The molecule has 0 radical (unpaired) electrons. The van der Waals surface area contributed by atoms with E-state index in [0.29, 0.717) is 6.42 Å². The average molecular weight is 413 g/mol. The molecule has 1 aromatic heterocycles. The number of rotatable bonds is 6. The number of nitrogens with one attached hydrogen (secondary N) is 1.